The third kappa shape index (κ3) is 5.74. The fourth-order valence-electron chi connectivity index (χ4n) is 1.92. The summed E-state index contributed by atoms with van der Waals surface area (Å²) in [5.74, 6) is 2.68. The fourth-order valence-corrected chi connectivity index (χ4v) is 1.92. The van der Waals surface area contributed by atoms with Gasteiger partial charge in [-0.1, -0.05) is 20.8 Å². The van der Waals surface area contributed by atoms with E-state index in [2.05, 4.69) is 41.4 Å². The van der Waals surface area contributed by atoms with Gasteiger partial charge in [0, 0.05) is 26.1 Å². The lowest BCUT2D eigenvalue weighted by atomic mass is 10.2. The number of nitrogens with one attached hydrogen (secondary N) is 2. The highest BCUT2D eigenvalue weighted by molar-refractivity contribution is 5.48. The smallest absolute Gasteiger partial charge is 0.133 e. The molecule has 0 aliphatic rings. The summed E-state index contributed by atoms with van der Waals surface area (Å²) in [7, 11) is 1.72. The zero-order valence-corrected chi connectivity index (χ0v) is 13.2. The van der Waals surface area contributed by atoms with E-state index in [-0.39, 0.29) is 6.04 Å². The molecule has 1 unspecified atom stereocenters. The Kier molecular flexibility index (Phi) is 7.95. The molecule has 20 heavy (non-hydrogen) atoms. The standard InChI is InChI=1S/C15H28N4O/c1-5-8-13-18-14(16-9-6-2)10-15(19-13)17-12(7-3)11-20-4/h10,12H,5-9,11H2,1-4H3,(H2,16,17,18,19). The summed E-state index contributed by atoms with van der Waals surface area (Å²) in [6.07, 6.45) is 4.03. The second-order valence-corrected chi connectivity index (χ2v) is 4.94. The maximum Gasteiger partial charge on any atom is 0.133 e. The van der Waals surface area contributed by atoms with E-state index >= 15 is 0 Å². The number of rotatable bonds is 10. The van der Waals surface area contributed by atoms with E-state index in [9.17, 15) is 0 Å². The Hall–Kier alpha value is -1.36. The molecule has 0 saturated carbocycles. The van der Waals surface area contributed by atoms with Crippen molar-refractivity contribution in [3.63, 3.8) is 0 Å². The SMILES string of the molecule is CCCNc1cc(NC(CC)COC)nc(CCC)n1. The number of nitrogens with zero attached hydrogens (tertiary/aromatic N) is 2. The van der Waals surface area contributed by atoms with Gasteiger partial charge in [-0.15, -0.1) is 0 Å². The van der Waals surface area contributed by atoms with Crippen LogP contribution in [-0.4, -0.2) is 36.3 Å². The van der Waals surface area contributed by atoms with Crippen LogP contribution in [-0.2, 0) is 11.2 Å². The zero-order chi connectivity index (χ0) is 14.8. The highest BCUT2D eigenvalue weighted by atomic mass is 16.5. The van der Waals surface area contributed by atoms with E-state index in [1.165, 1.54) is 0 Å². The topological polar surface area (TPSA) is 59.1 Å². The third-order valence-electron chi connectivity index (χ3n) is 3.01. The molecular weight excluding hydrogens is 252 g/mol. The Labute approximate surface area is 122 Å². The number of hydrogen-bond acceptors (Lipinski definition) is 5. The summed E-state index contributed by atoms with van der Waals surface area (Å²) in [6, 6.07) is 2.26. The molecule has 0 spiro atoms. The van der Waals surface area contributed by atoms with Gasteiger partial charge in [0.15, 0.2) is 0 Å². The summed E-state index contributed by atoms with van der Waals surface area (Å²) >= 11 is 0. The minimum atomic E-state index is 0.281. The van der Waals surface area contributed by atoms with Gasteiger partial charge in [0.05, 0.1) is 12.6 Å². The fraction of sp³-hybridized carbons (Fsp3) is 0.733. The van der Waals surface area contributed by atoms with Crippen molar-refractivity contribution in [2.75, 3.05) is 30.9 Å². The summed E-state index contributed by atoms with van der Waals surface area (Å²) < 4.78 is 5.22. The number of aromatic nitrogens is 2. The largest absolute Gasteiger partial charge is 0.383 e. The van der Waals surface area contributed by atoms with Crippen molar-refractivity contribution in [3.8, 4) is 0 Å². The molecule has 0 aromatic carbocycles. The monoisotopic (exact) mass is 280 g/mol. The Bertz CT molecular complexity index is 384. The zero-order valence-electron chi connectivity index (χ0n) is 13.2. The van der Waals surface area contributed by atoms with Gasteiger partial charge in [-0.3, -0.25) is 0 Å². The quantitative estimate of drug-likeness (QED) is 0.689. The molecule has 1 aromatic heterocycles. The summed E-state index contributed by atoms with van der Waals surface area (Å²) in [5, 5.41) is 6.76. The Morgan fingerprint density at radius 2 is 1.90 bits per heavy atom. The predicted octanol–water partition coefficient (Wildman–Crippen LogP) is 3.09. The van der Waals surface area contributed by atoms with Crippen molar-refractivity contribution in [1.82, 2.24) is 9.97 Å². The van der Waals surface area contributed by atoms with E-state index in [1.807, 2.05) is 6.07 Å². The first kappa shape index (κ1) is 16.7. The first-order valence-corrected chi connectivity index (χ1v) is 7.60. The average molecular weight is 280 g/mol. The molecule has 0 fully saturated rings. The van der Waals surface area contributed by atoms with Gasteiger partial charge in [-0.2, -0.15) is 0 Å². The van der Waals surface area contributed by atoms with Crippen LogP contribution in [0.1, 0.15) is 45.9 Å². The predicted molar refractivity (Wildman–Crippen MR) is 84.4 cm³/mol. The minimum absolute atomic E-state index is 0.281. The van der Waals surface area contributed by atoms with Gasteiger partial charge >= 0.3 is 0 Å². The van der Waals surface area contributed by atoms with Crippen LogP contribution in [0, 0.1) is 0 Å². The van der Waals surface area contributed by atoms with Gasteiger partial charge in [-0.05, 0) is 19.3 Å². The molecule has 1 heterocycles. The van der Waals surface area contributed by atoms with E-state index in [4.69, 9.17) is 4.74 Å². The Morgan fingerprint density at radius 3 is 2.50 bits per heavy atom. The summed E-state index contributed by atoms with van der Waals surface area (Å²) in [6.45, 7) is 8.04. The van der Waals surface area contributed by atoms with E-state index < -0.39 is 0 Å². The van der Waals surface area contributed by atoms with Crippen molar-refractivity contribution in [2.45, 2.75) is 52.5 Å². The number of ether oxygens (including phenoxy) is 1. The summed E-state index contributed by atoms with van der Waals surface area (Å²) in [4.78, 5) is 9.13. The number of anilines is 2. The molecule has 114 valence electrons. The van der Waals surface area contributed by atoms with Gasteiger partial charge in [0.1, 0.15) is 17.5 Å². The summed E-state index contributed by atoms with van der Waals surface area (Å²) in [5.41, 5.74) is 0. The molecule has 2 N–H and O–H groups in total. The Morgan fingerprint density at radius 1 is 1.15 bits per heavy atom. The number of aryl methyl sites for hydroxylation is 1. The number of methoxy groups -OCH3 is 1. The molecule has 0 bridgehead atoms. The first-order chi connectivity index (χ1) is 9.73. The van der Waals surface area contributed by atoms with Crippen LogP contribution in [0.2, 0.25) is 0 Å². The van der Waals surface area contributed by atoms with Crippen LogP contribution in [0.4, 0.5) is 11.6 Å². The molecule has 1 aromatic rings. The van der Waals surface area contributed by atoms with Gasteiger partial charge in [0.2, 0.25) is 0 Å². The van der Waals surface area contributed by atoms with Crippen LogP contribution in [0.25, 0.3) is 0 Å². The minimum Gasteiger partial charge on any atom is -0.383 e. The van der Waals surface area contributed by atoms with Crippen LogP contribution in [0.15, 0.2) is 6.07 Å². The Balaban J connectivity index is 2.83. The van der Waals surface area contributed by atoms with Crippen molar-refractivity contribution in [1.29, 1.82) is 0 Å². The first-order valence-electron chi connectivity index (χ1n) is 7.60. The van der Waals surface area contributed by atoms with E-state index in [0.29, 0.717) is 6.61 Å². The maximum absolute atomic E-state index is 5.22. The normalized spacial score (nSPS) is 12.2. The van der Waals surface area contributed by atoms with Gasteiger partial charge < -0.3 is 15.4 Å². The molecule has 5 nitrogen and oxygen atoms in total. The highest BCUT2D eigenvalue weighted by Crippen LogP contribution is 2.14. The second kappa shape index (κ2) is 9.53. The molecule has 0 radical (unpaired) electrons. The molecule has 0 aliphatic heterocycles. The molecular formula is C15H28N4O. The molecule has 1 rings (SSSR count). The highest BCUT2D eigenvalue weighted by Gasteiger charge is 2.09. The lowest BCUT2D eigenvalue weighted by Crippen LogP contribution is -2.25. The van der Waals surface area contributed by atoms with Crippen molar-refractivity contribution < 1.29 is 4.74 Å². The van der Waals surface area contributed by atoms with Gasteiger partial charge in [-0.25, -0.2) is 9.97 Å². The van der Waals surface area contributed by atoms with Crippen LogP contribution < -0.4 is 10.6 Å². The lowest BCUT2D eigenvalue weighted by molar-refractivity contribution is 0.184. The van der Waals surface area contributed by atoms with Crippen LogP contribution in [0.5, 0.6) is 0 Å². The van der Waals surface area contributed by atoms with Crippen LogP contribution >= 0.6 is 0 Å². The van der Waals surface area contributed by atoms with E-state index in [0.717, 1.165) is 49.7 Å². The average Bonchev–Trinajstić information content (AvgIpc) is 2.45. The van der Waals surface area contributed by atoms with Gasteiger partial charge in [0.25, 0.3) is 0 Å². The third-order valence-corrected chi connectivity index (χ3v) is 3.01. The van der Waals surface area contributed by atoms with Crippen molar-refractivity contribution >= 4 is 11.6 Å². The molecule has 0 aliphatic carbocycles. The molecule has 1 atom stereocenters. The number of hydrogen-bond donors (Lipinski definition) is 2. The lowest BCUT2D eigenvalue weighted by Gasteiger charge is -2.18. The molecule has 0 amide bonds. The van der Waals surface area contributed by atoms with Crippen LogP contribution in [0.3, 0.4) is 0 Å². The molecule has 5 heteroatoms. The van der Waals surface area contributed by atoms with Crippen molar-refractivity contribution in [2.24, 2.45) is 0 Å². The van der Waals surface area contributed by atoms with E-state index in [1.54, 1.807) is 7.11 Å². The molecule has 0 saturated heterocycles. The second-order valence-electron chi connectivity index (χ2n) is 4.94. The van der Waals surface area contributed by atoms with Crippen molar-refractivity contribution in [3.05, 3.63) is 11.9 Å². The maximum atomic E-state index is 5.22.